The SMILES string of the molecule is O=C(CCNCCOc1ccccc1)N1CCOCC1. The van der Waals surface area contributed by atoms with Crippen molar-refractivity contribution >= 4 is 5.91 Å². The third-order valence-electron chi connectivity index (χ3n) is 3.17. The van der Waals surface area contributed by atoms with Crippen LogP contribution in [0.4, 0.5) is 0 Å². The van der Waals surface area contributed by atoms with Crippen LogP contribution in [0.15, 0.2) is 30.3 Å². The van der Waals surface area contributed by atoms with Crippen molar-refractivity contribution in [2.75, 3.05) is 46.0 Å². The van der Waals surface area contributed by atoms with Crippen LogP contribution in [0.5, 0.6) is 5.75 Å². The van der Waals surface area contributed by atoms with Gasteiger partial charge in [0.1, 0.15) is 12.4 Å². The van der Waals surface area contributed by atoms with E-state index in [1.807, 2.05) is 35.2 Å². The summed E-state index contributed by atoms with van der Waals surface area (Å²) in [6.45, 7) is 4.79. The van der Waals surface area contributed by atoms with Gasteiger partial charge in [-0.25, -0.2) is 0 Å². The highest BCUT2D eigenvalue weighted by Gasteiger charge is 2.15. The molecule has 1 amide bonds. The second kappa shape index (κ2) is 8.55. The van der Waals surface area contributed by atoms with Gasteiger partial charge >= 0.3 is 0 Å². The molecule has 110 valence electrons. The molecule has 1 saturated heterocycles. The van der Waals surface area contributed by atoms with Crippen LogP contribution in [-0.4, -0.2) is 56.8 Å². The maximum atomic E-state index is 11.9. The minimum Gasteiger partial charge on any atom is -0.492 e. The van der Waals surface area contributed by atoms with E-state index in [0.29, 0.717) is 32.8 Å². The lowest BCUT2D eigenvalue weighted by atomic mass is 10.3. The number of ether oxygens (including phenoxy) is 2. The summed E-state index contributed by atoms with van der Waals surface area (Å²) >= 11 is 0. The fourth-order valence-electron chi connectivity index (χ4n) is 2.05. The van der Waals surface area contributed by atoms with Gasteiger partial charge in [-0.3, -0.25) is 4.79 Å². The molecule has 0 radical (unpaired) electrons. The molecule has 1 aliphatic rings. The quantitative estimate of drug-likeness (QED) is 0.753. The number of hydrogen-bond donors (Lipinski definition) is 1. The number of carbonyl (C=O) groups is 1. The number of morpholine rings is 1. The molecule has 0 aliphatic carbocycles. The number of benzene rings is 1. The lowest BCUT2D eigenvalue weighted by Crippen LogP contribution is -2.41. The number of rotatable bonds is 7. The molecule has 1 fully saturated rings. The van der Waals surface area contributed by atoms with E-state index in [9.17, 15) is 4.79 Å². The monoisotopic (exact) mass is 278 g/mol. The Labute approximate surface area is 119 Å². The van der Waals surface area contributed by atoms with Crippen molar-refractivity contribution in [2.24, 2.45) is 0 Å². The van der Waals surface area contributed by atoms with E-state index in [1.165, 1.54) is 0 Å². The van der Waals surface area contributed by atoms with Crippen LogP contribution in [0, 0.1) is 0 Å². The van der Waals surface area contributed by atoms with E-state index in [0.717, 1.165) is 25.4 Å². The topological polar surface area (TPSA) is 50.8 Å². The Morgan fingerprint density at radius 2 is 1.95 bits per heavy atom. The first-order valence-electron chi connectivity index (χ1n) is 7.10. The number of carbonyl (C=O) groups excluding carboxylic acids is 1. The number of amides is 1. The van der Waals surface area contributed by atoms with E-state index in [2.05, 4.69) is 5.32 Å². The molecule has 0 aromatic heterocycles. The van der Waals surface area contributed by atoms with Crippen molar-refractivity contribution in [3.8, 4) is 5.75 Å². The first-order chi connectivity index (χ1) is 9.86. The molecular formula is C15H22N2O3. The molecule has 1 aliphatic heterocycles. The van der Waals surface area contributed by atoms with Gasteiger partial charge in [-0.05, 0) is 12.1 Å². The molecule has 0 unspecified atom stereocenters. The molecule has 1 aromatic carbocycles. The zero-order chi connectivity index (χ0) is 14.0. The van der Waals surface area contributed by atoms with Crippen LogP contribution >= 0.6 is 0 Å². The predicted molar refractivity (Wildman–Crippen MR) is 76.8 cm³/mol. The lowest BCUT2D eigenvalue weighted by molar-refractivity contribution is -0.135. The molecule has 1 N–H and O–H groups in total. The Bertz CT molecular complexity index is 391. The number of nitrogens with one attached hydrogen (secondary N) is 1. The minimum atomic E-state index is 0.199. The van der Waals surface area contributed by atoms with Crippen molar-refractivity contribution in [1.82, 2.24) is 10.2 Å². The van der Waals surface area contributed by atoms with Gasteiger partial charge < -0.3 is 19.7 Å². The maximum Gasteiger partial charge on any atom is 0.224 e. The smallest absolute Gasteiger partial charge is 0.224 e. The lowest BCUT2D eigenvalue weighted by Gasteiger charge is -2.26. The molecule has 1 aromatic rings. The third kappa shape index (κ3) is 5.19. The Morgan fingerprint density at radius 3 is 2.70 bits per heavy atom. The first kappa shape index (κ1) is 14.8. The molecule has 2 rings (SSSR count). The highest BCUT2D eigenvalue weighted by atomic mass is 16.5. The van der Waals surface area contributed by atoms with E-state index in [-0.39, 0.29) is 5.91 Å². The third-order valence-corrected chi connectivity index (χ3v) is 3.17. The first-order valence-corrected chi connectivity index (χ1v) is 7.10. The van der Waals surface area contributed by atoms with Crippen molar-refractivity contribution in [3.63, 3.8) is 0 Å². The Kier molecular flexibility index (Phi) is 6.34. The van der Waals surface area contributed by atoms with Crippen LogP contribution in [0.1, 0.15) is 6.42 Å². The summed E-state index contributed by atoms with van der Waals surface area (Å²) in [4.78, 5) is 13.7. The van der Waals surface area contributed by atoms with Gasteiger partial charge in [-0.15, -0.1) is 0 Å². The van der Waals surface area contributed by atoms with E-state index in [1.54, 1.807) is 0 Å². The average molecular weight is 278 g/mol. The van der Waals surface area contributed by atoms with Crippen molar-refractivity contribution < 1.29 is 14.3 Å². The predicted octanol–water partition coefficient (Wildman–Crippen LogP) is 0.904. The van der Waals surface area contributed by atoms with E-state index in [4.69, 9.17) is 9.47 Å². The molecule has 20 heavy (non-hydrogen) atoms. The maximum absolute atomic E-state index is 11.9. The standard InChI is InChI=1S/C15H22N2O3/c18-15(17-9-12-19-13-10-17)6-7-16-8-11-20-14-4-2-1-3-5-14/h1-5,16H,6-13H2. The van der Waals surface area contributed by atoms with Crippen molar-refractivity contribution in [1.29, 1.82) is 0 Å². The summed E-state index contributed by atoms with van der Waals surface area (Å²) in [6.07, 6.45) is 0.533. The summed E-state index contributed by atoms with van der Waals surface area (Å²) < 4.78 is 10.8. The Morgan fingerprint density at radius 1 is 1.20 bits per heavy atom. The van der Waals surface area contributed by atoms with Crippen molar-refractivity contribution in [3.05, 3.63) is 30.3 Å². The molecule has 0 spiro atoms. The Balaban J connectivity index is 1.50. The summed E-state index contributed by atoms with van der Waals surface area (Å²) in [5.41, 5.74) is 0. The van der Waals surface area contributed by atoms with Crippen LogP contribution in [-0.2, 0) is 9.53 Å². The second-order valence-corrected chi connectivity index (χ2v) is 4.65. The highest BCUT2D eigenvalue weighted by molar-refractivity contribution is 5.76. The summed E-state index contributed by atoms with van der Waals surface area (Å²) in [6, 6.07) is 9.72. The molecular weight excluding hydrogens is 256 g/mol. The summed E-state index contributed by atoms with van der Waals surface area (Å²) in [5, 5.41) is 3.22. The van der Waals surface area contributed by atoms with Crippen LogP contribution in [0.2, 0.25) is 0 Å². The molecule has 5 heteroatoms. The van der Waals surface area contributed by atoms with E-state index < -0.39 is 0 Å². The van der Waals surface area contributed by atoms with Gasteiger partial charge in [0.2, 0.25) is 5.91 Å². The zero-order valence-corrected chi connectivity index (χ0v) is 11.7. The number of nitrogens with zero attached hydrogens (tertiary/aromatic N) is 1. The van der Waals surface area contributed by atoms with Crippen LogP contribution in [0.25, 0.3) is 0 Å². The van der Waals surface area contributed by atoms with Gasteiger partial charge in [0.05, 0.1) is 13.2 Å². The Hall–Kier alpha value is -1.59. The van der Waals surface area contributed by atoms with Crippen LogP contribution < -0.4 is 10.1 Å². The normalized spacial score (nSPS) is 15.1. The zero-order valence-electron chi connectivity index (χ0n) is 11.7. The van der Waals surface area contributed by atoms with Crippen molar-refractivity contribution in [2.45, 2.75) is 6.42 Å². The molecule has 0 atom stereocenters. The largest absolute Gasteiger partial charge is 0.492 e. The molecule has 0 saturated carbocycles. The fourth-order valence-corrected chi connectivity index (χ4v) is 2.05. The van der Waals surface area contributed by atoms with Gasteiger partial charge in [0.25, 0.3) is 0 Å². The molecule has 5 nitrogen and oxygen atoms in total. The van der Waals surface area contributed by atoms with E-state index >= 15 is 0 Å². The number of hydrogen-bond acceptors (Lipinski definition) is 4. The molecule has 0 bridgehead atoms. The van der Waals surface area contributed by atoms with Gasteiger partial charge in [-0.1, -0.05) is 18.2 Å². The fraction of sp³-hybridized carbons (Fsp3) is 0.533. The second-order valence-electron chi connectivity index (χ2n) is 4.65. The minimum absolute atomic E-state index is 0.199. The van der Waals surface area contributed by atoms with Gasteiger partial charge in [-0.2, -0.15) is 0 Å². The van der Waals surface area contributed by atoms with Gasteiger partial charge in [0.15, 0.2) is 0 Å². The summed E-state index contributed by atoms with van der Waals surface area (Å²) in [5.74, 6) is 1.07. The van der Waals surface area contributed by atoms with Gasteiger partial charge in [0, 0.05) is 32.6 Å². The number of para-hydroxylation sites is 1. The van der Waals surface area contributed by atoms with Crippen LogP contribution in [0.3, 0.4) is 0 Å². The average Bonchev–Trinajstić information content (AvgIpc) is 2.52. The highest BCUT2D eigenvalue weighted by Crippen LogP contribution is 2.07. The molecule has 1 heterocycles. The summed E-state index contributed by atoms with van der Waals surface area (Å²) in [7, 11) is 0.